The van der Waals surface area contributed by atoms with Crippen molar-refractivity contribution < 1.29 is 13.2 Å². The fourth-order valence-electron chi connectivity index (χ4n) is 3.78. The zero-order chi connectivity index (χ0) is 21.9. The fourth-order valence-corrected chi connectivity index (χ4v) is 3.78. The van der Waals surface area contributed by atoms with E-state index >= 15 is 0 Å². The standard InChI is InChI=1S/C25H29F3N2/c1-5-20-6-7-23-16-30(13-12-22(23)14-20)15-17(2)18(3)29-19(4)21-8-10-24(11-9-21)25(26,27)28/h6-11,14H,5,12-13,15-16H2,1-4H3/b18-17+,29-19?. The van der Waals surface area contributed by atoms with E-state index in [1.54, 1.807) is 0 Å². The number of halogens is 3. The first-order chi connectivity index (χ1) is 14.2. The summed E-state index contributed by atoms with van der Waals surface area (Å²) in [7, 11) is 0. The third-order valence-corrected chi connectivity index (χ3v) is 5.81. The molecule has 2 aromatic carbocycles. The molecular formula is C25H29F3N2. The first-order valence-electron chi connectivity index (χ1n) is 10.4. The third-order valence-electron chi connectivity index (χ3n) is 5.81. The number of aryl methyl sites for hydroxylation is 1. The van der Waals surface area contributed by atoms with E-state index in [4.69, 9.17) is 0 Å². The van der Waals surface area contributed by atoms with Gasteiger partial charge in [-0.3, -0.25) is 9.89 Å². The van der Waals surface area contributed by atoms with Crippen LogP contribution in [0.4, 0.5) is 13.2 Å². The molecule has 0 aliphatic carbocycles. The Labute approximate surface area is 177 Å². The molecule has 0 amide bonds. The van der Waals surface area contributed by atoms with Crippen LogP contribution in [0.15, 0.2) is 58.7 Å². The lowest BCUT2D eigenvalue weighted by Crippen LogP contribution is -2.32. The van der Waals surface area contributed by atoms with E-state index in [2.05, 4.69) is 41.9 Å². The summed E-state index contributed by atoms with van der Waals surface area (Å²) in [6, 6.07) is 12.0. The molecule has 2 aromatic rings. The van der Waals surface area contributed by atoms with Crippen molar-refractivity contribution in [2.75, 3.05) is 13.1 Å². The summed E-state index contributed by atoms with van der Waals surface area (Å²) in [5.41, 5.74) is 7.12. The maximum Gasteiger partial charge on any atom is 0.416 e. The Hall–Kier alpha value is -2.40. The number of benzene rings is 2. The minimum Gasteiger partial charge on any atom is -0.295 e. The van der Waals surface area contributed by atoms with Crippen molar-refractivity contribution in [2.24, 2.45) is 4.99 Å². The van der Waals surface area contributed by atoms with E-state index in [1.165, 1.54) is 34.4 Å². The van der Waals surface area contributed by atoms with Crippen molar-refractivity contribution in [3.05, 3.63) is 81.6 Å². The van der Waals surface area contributed by atoms with Crippen molar-refractivity contribution in [2.45, 2.75) is 53.3 Å². The average Bonchev–Trinajstić information content (AvgIpc) is 2.72. The van der Waals surface area contributed by atoms with E-state index in [0.717, 1.165) is 56.0 Å². The quantitative estimate of drug-likeness (QED) is 0.515. The Kier molecular flexibility index (Phi) is 6.81. The van der Waals surface area contributed by atoms with E-state index < -0.39 is 11.7 Å². The van der Waals surface area contributed by atoms with Crippen molar-refractivity contribution in [3.8, 4) is 0 Å². The first-order valence-corrected chi connectivity index (χ1v) is 10.4. The number of hydrogen-bond donors (Lipinski definition) is 0. The molecule has 160 valence electrons. The number of alkyl halides is 3. The van der Waals surface area contributed by atoms with Gasteiger partial charge in [0.05, 0.1) is 5.56 Å². The molecular weight excluding hydrogens is 385 g/mol. The highest BCUT2D eigenvalue weighted by molar-refractivity contribution is 5.99. The molecule has 0 spiro atoms. The van der Waals surface area contributed by atoms with Gasteiger partial charge in [0.15, 0.2) is 0 Å². The van der Waals surface area contributed by atoms with Crippen LogP contribution in [0.3, 0.4) is 0 Å². The Morgan fingerprint density at radius 3 is 2.33 bits per heavy atom. The normalized spacial score (nSPS) is 16.3. The van der Waals surface area contributed by atoms with Crippen molar-refractivity contribution >= 4 is 5.71 Å². The van der Waals surface area contributed by atoms with Crippen molar-refractivity contribution in [1.82, 2.24) is 4.90 Å². The van der Waals surface area contributed by atoms with Crippen LogP contribution >= 0.6 is 0 Å². The highest BCUT2D eigenvalue weighted by Crippen LogP contribution is 2.29. The van der Waals surface area contributed by atoms with Crippen LogP contribution in [-0.4, -0.2) is 23.7 Å². The molecule has 2 nitrogen and oxygen atoms in total. The molecule has 0 atom stereocenters. The molecule has 30 heavy (non-hydrogen) atoms. The molecule has 3 rings (SSSR count). The van der Waals surface area contributed by atoms with Crippen LogP contribution in [0.25, 0.3) is 0 Å². The van der Waals surface area contributed by atoms with Crippen LogP contribution in [0, 0.1) is 0 Å². The molecule has 0 radical (unpaired) electrons. The minimum absolute atomic E-state index is 0.640. The van der Waals surface area contributed by atoms with Crippen molar-refractivity contribution in [1.29, 1.82) is 0 Å². The van der Waals surface area contributed by atoms with Gasteiger partial charge < -0.3 is 0 Å². The molecule has 0 fully saturated rings. The zero-order valence-corrected chi connectivity index (χ0v) is 18.1. The number of aliphatic imine (C=N–C) groups is 1. The SMILES string of the molecule is CCc1ccc2c(c1)CCN(C/C(C)=C(\C)N=C(C)c1ccc(C(F)(F)F)cc1)C2. The van der Waals surface area contributed by atoms with E-state index in [9.17, 15) is 13.2 Å². The Morgan fingerprint density at radius 2 is 1.70 bits per heavy atom. The lowest BCUT2D eigenvalue weighted by atomic mass is 9.96. The second-order valence-corrected chi connectivity index (χ2v) is 8.06. The minimum atomic E-state index is -4.32. The largest absolute Gasteiger partial charge is 0.416 e. The average molecular weight is 415 g/mol. The summed E-state index contributed by atoms with van der Waals surface area (Å²) >= 11 is 0. The van der Waals surface area contributed by atoms with Gasteiger partial charge in [-0.2, -0.15) is 13.2 Å². The molecule has 1 heterocycles. The Balaban J connectivity index is 1.68. The Morgan fingerprint density at radius 1 is 1.00 bits per heavy atom. The molecule has 1 aliphatic rings. The smallest absolute Gasteiger partial charge is 0.295 e. The summed E-state index contributed by atoms with van der Waals surface area (Å²) < 4.78 is 38.2. The molecule has 1 aliphatic heterocycles. The molecule has 0 unspecified atom stereocenters. The number of hydrogen-bond acceptors (Lipinski definition) is 2. The highest BCUT2D eigenvalue weighted by atomic mass is 19.4. The first kappa shape index (κ1) is 22.3. The lowest BCUT2D eigenvalue weighted by molar-refractivity contribution is -0.137. The predicted molar refractivity (Wildman–Crippen MR) is 117 cm³/mol. The molecule has 0 bridgehead atoms. The van der Waals surface area contributed by atoms with Gasteiger partial charge in [0.25, 0.3) is 0 Å². The van der Waals surface area contributed by atoms with E-state index in [1.807, 2.05) is 13.8 Å². The highest BCUT2D eigenvalue weighted by Gasteiger charge is 2.30. The monoisotopic (exact) mass is 414 g/mol. The van der Waals surface area contributed by atoms with Crippen LogP contribution in [0.5, 0.6) is 0 Å². The van der Waals surface area contributed by atoms with Gasteiger partial charge in [0.2, 0.25) is 0 Å². The number of nitrogens with zero attached hydrogens (tertiary/aromatic N) is 2. The number of allylic oxidation sites excluding steroid dienone is 1. The Bertz CT molecular complexity index is 953. The summed E-state index contributed by atoms with van der Waals surface area (Å²) in [5.74, 6) is 0. The van der Waals surface area contributed by atoms with Gasteiger partial charge in [-0.15, -0.1) is 0 Å². The number of rotatable bonds is 5. The molecule has 0 saturated heterocycles. The van der Waals surface area contributed by atoms with Crippen molar-refractivity contribution in [3.63, 3.8) is 0 Å². The topological polar surface area (TPSA) is 15.6 Å². The molecule has 0 aromatic heterocycles. The molecule has 5 heteroatoms. The molecule has 0 N–H and O–H groups in total. The van der Waals surface area contributed by atoms with Gasteiger partial charge in [-0.05, 0) is 73.6 Å². The maximum atomic E-state index is 12.7. The van der Waals surface area contributed by atoms with E-state index in [0.29, 0.717) is 5.56 Å². The number of fused-ring (bicyclic) bond motifs is 1. The van der Waals surface area contributed by atoms with Gasteiger partial charge in [0.1, 0.15) is 0 Å². The van der Waals surface area contributed by atoms with Gasteiger partial charge >= 0.3 is 6.18 Å². The zero-order valence-electron chi connectivity index (χ0n) is 18.1. The summed E-state index contributed by atoms with van der Waals surface area (Å²) in [4.78, 5) is 7.09. The van der Waals surface area contributed by atoms with Crippen LogP contribution < -0.4 is 0 Å². The van der Waals surface area contributed by atoms with E-state index in [-0.39, 0.29) is 0 Å². The van der Waals surface area contributed by atoms with Gasteiger partial charge in [-0.1, -0.05) is 37.3 Å². The van der Waals surface area contributed by atoms with Crippen LogP contribution in [0.2, 0.25) is 0 Å². The molecule has 0 saturated carbocycles. The lowest BCUT2D eigenvalue weighted by Gasteiger charge is -2.29. The van der Waals surface area contributed by atoms with Crippen LogP contribution in [-0.2, 0) is 25.6 Å². The summed E-state index contributed by atoms with van der Waals surface area (Å²) in [6.07, 6.45) is -2.20. The summed E-state index contributed by atoms with van der Waals surface area (Å²) in [5, 5.41) is 0. The van der Waals surface area contributed by atoms with Crippen LogP contribution in [0.1, 0.15) is 55.5 Å². The predicted octanol–water partition coefficient (Wildman–Crippen LogP) is 6.43. The fraction of sp³-hybridized carbons (Fsp3) is 0.400. The second kappa shape index (κ2) is 9.17. The maximum absolute atomic E-state index is 12.7. The third kappa shape index (κ3) is 5.39. The van der Waals surface area contributed by atoms with Gasteiger partial charge in [0, 0.05) is 31.0 Å². The summed E-state index contributed by atoms with van der Waals surface area (Å²) in [6.45, 7) is 10.9. The van der Waals surface area contributed by atoms with Gasteiger partial charge in [-0.25, -0.2) is 0 Å². The second-order valence-electron chi connectivity index (χ2n) is 8.06.